The zero-order valence-corrected chi connectivity index (χ0v) is 18.3. The summed E-state index contributed by atoms with van der Waals surface area (Å²) in [5.74, 6) is -1.82. The number of nitro benzene ring substituents is 1. The predicted octanol–water partition coefficient (Wildman–Crippen LogP) is 2.66. The van der Waals surface area contributed by atoms with Gasteiger partial charge >= 0.3 is 0 Å². The van der Waals surface area contributed by atoms with Crippen molar-refractivity contribution in [3.05, 3.63) is 80.9 Å². The van der Waals surface area contributed by atoms with Gasteiger partial charge in [0.05, 0.1) is 29.8 Å². The van der Waals surface area contributed by atoms with Crippen LogP contribution in [0.3, 0.4) is 0 Å². The van der Waals surface area contributed by atoms with Gasteiger partial charge in [-0.3, -0.25) is 24.6 Å². The molecule has 33 heavy (non-hydrogen) atoms. The number of carbonyl (C=O) groups is 2. The number of carbonyl (C=O) groups excluding carboxylic acids is 2. The predicted molar refractivity (Wildman–Crippen MR) is 121 cm³/mol. The van der Waals surface area contributed by atoms with Crippen molar-refractivity contribution in [3.63, 3.8) is 0 Å². The van der Waals surface area contributed by atoms with Gasteiger partial charge in [0, 0.05) is 43.9 Å². The molecular formula is C24H25N3O6. The van der Waals surface area contributed by atoms with Crippen LogP contribution in [0.5, 0.6) is 0 Å². The molecule has 0 radical (unpaired) electrons. The zero-order valence-electron chi connectivity index (χ0n) is 18.3. The van der Waals surface area contributed by atoms with Gasteiger partial charge in [-0.15, -0.1) is 0 Å². The van der Waals surface area contributed by atoms with Crippen molar-refractivity contribution in [3.8, 4) is 0 Å². The molecule has 2 aliphatic rings. The second-order valence-electron chi connectivity index (χ2n) is 8.16. The molecule has 2 aromatic carbocycles. The summed E-state index contributed by atoms with van der Waals surface area (Å²) < 4.78 is 5.36. The lowest BCUT2D eigenvalue weighted by atomic mass is 9.94. The number of morpholine rings is 1. The quantitative estimate of drug-likeness (QED) is 0.236. The summed E-state index contributed by atoms with van der Waals surface area (Å²) in [4.78, 5) is 40.5. The molecule has 2 fully saturated rings. The molecule has 4 rings (SSSR count). The number of benzene rings is 2. The molecule has 0 aromatic heterocycles. The molecular weight excluding hydrogens is 426 g/mol. The minimum atomic E-state index is -0.924. The van der Waals surface area contributed by atoms with E-state index in [2.05, 4.69) is 4.90 Å². The number of non-ortho nitro benzene ring substituents is 1. The standard InChI is InChI=1S/C24H25N3O6/c1-16-5-7-17(8-6-16)22(28)20-21(18-3-2-4-19(15-18)27(31)32)26(24(30)23(20)29)10-9-25-11-13-33-14-12-25/h2-8,15,21,28H,9-14H2,1H3/b22-20+/t21-/m1/s1. The smallest absolute Gasteiger partial charge is 0.295 e. The van der Waals surface area contributed by atoms with E-state index in [1.165, 1.54) is 23.1 Å². The normalized spacial score (nSPS) is 20.9. The number of aliphatic hydroxyl groups is 1. The topological polar surface area (TPSA) is 113 Å². The van der Waals surface area contributed by atoms with Crippen LogP contribution >= 0.6 is 0 Å². The van der Waals surface area contributed by atoms with Gasteiger partial charge in [-0.2, -0.15) is 0 Å². The summed E-state index contributed by atoms with van der Waals surface area (Å²) in [6.07, 6.45) is 0. The summed E-state index contributed by atoms with van der Waals surface area (Å²) in [6.45, 7) is 5.29. The van der Waals surface area contributed by atoms with Crippen LogP contribution in [0.2, 0.25) is 0 Å². The number of rotatable bonds is 6. The third kappa shape index (κ3) is 4.64. The molecule has 172 valence electrons. The molecule has 9 heteroatoms. The Balaban J connectivity index is 1.77. The van der Waals surface area contributed by atoms with E-state index in [9.17, 15) is 24.8 Å². The first-order valence-corrected chi connectivity index (χ1v) is 10.8. The fraction of sp³-hybridized carbons (Fsp3) is 0.333. The Kier molecular flexibility index (Phi) is 6.52. The van der Waals surface area contributed by atoms with E-state index < -0.39 is 22.7 Å². The maximum atomic E-state index is 13.1. The van der Waals surface area contributed by atoms with Gasteiger partial charge in [0.2, 0.25) is 0 Å². The zero-order chi connectivity index (χ0) is 23.5. The van der Waals surface area contributed by atoms with Gasteiger partial charge in [0.25, 0.3) is 17.4 Å². The number of ketones is 1. The number of hydrogen-bond donors (Lipinski definition) is 1. The molecule has 0 spiro atoms. The lowest BCUT2D eigenvalue weighted by Gasteiger charge is -2.31. The second-order valence-corrected chi connectivity index (χ2v) is 8.16. The van der Waals surface area contributed by atoms with Crippen molar-refractivity contribution in [2.24, 2.45) is 0 Å². The molecule has 0 bridgehead atoms. The van der Waals surface area contributed by atoms with Crippen molar-refractivity contribution in [1.82, 2.24) is 9.80 Å². The monoisotopic (exact) mass is 451 g/mol. The first-order chi connectivity index (χ1) is 15.9. The van der Waals surface area contributed by atoms with Gasteiger partial charge in [0.15, 0.2) is 0 Å². The van der Waals surface area contributed by atoms with Gasteiger partial charge < -0.3 is 14.7 Å². The van der Waals surface area contributed by atoms with E-state index >= 15 is 0 Å². The number of Topliss-reactive ketones (excluding diaryl/α,β-unsaturated/α-hetero) is 1. The average Bonchev–Trinajstić information content (AvgIpc) is 3.08. The van der Waals surface area contributed by atoms with Crippen molar-refractivity contribution < 1.29 is 24.4 Å². The van der Waals surface area contributed by atoms with Crippen LogP contribution in [-0.4, -0.2) is 70.9 Å². The van der Waals surface area contributed by atoms with E-state index in [4.69, 9.17) is 4.74 Å². The van der Waals surface area contributed by atoms with E-state index in [1.54, 1.807) is 30.3 Å². The molecule has 0 saturated carbocycles. The van der Waals surface area contributed by atoms with Gasteiger partial charge in [-0.25, -0.2) is 0 Å². The Morgan fingerprint density at radius 1 is 1.12 bits per heavy atom. The minimum absolute atomic E-state index is 0.0636. The SMILES string of the molecule is Cc1ccc(/C(O)=C2\C(=O)C(=O)N(CCN3CCOCC3)[C@@H]2c2cccc([N+](=O)[O-])c2)cc1. The van der Waals surface area contributed by atoms with Crippen LogP contribution < -0.4 is 0 Å². The van der Waals surface area contributed by atoms with Crippen molar-refractivity contribution in [1.29, 1.82) is 0 Å². The fourth-order valence-corrected chi connectivity index (χ4v) is 4.21. The maximum absolute atomic E-state index is 13.1. The molecule has 1 amide bonds. The van der Waals surface area contributed by atoms with Gasteiger partial charge in [-0.05, 0) is 12.5 Å². The molecule has 2 aromatic rings. The number of hydrogen-bond acceptors (Lipinski definition) is 7. The molecule has 0 unspecified atom stereocenters. The first-order valence-electron chi connectivity index (χ1n) is 10.8. The number of nitro groups is 1. The highest BCUT2D eigenvalue weighted by atomic mass is 16.6. The van der Waals surface area contributed by atoms with Crippen molar-refractivity contribution >= 4 is 23.1 Å². The van der Waals surface area contributed by atoms with Crippen LogP contribution in [0.1, 0.15) is 22.7 Å². The third-order valence-corrected chi connectivity index (χ3v) is 6.02. The average molecular weight is 451 g/mol. The number of aliphatic hydroxyl groups excluding tert-OH is 1. The molecule has 1 atom stereocenters. The van der Waals surface area contributed by atoms with Crippen LogP contribution in [0.4, 0.5) is 5.69 Å². The molecule has 9 nitrogen and oxygen atoms in total. The number of likely N-dealkylation sites (tertiary alicyclic amines) is 1. The molecule has 1 N–H and O–H groups in total. The number of ether oxygens (including phenoxy) is 1. The Hall–Kier alpha value is -3.56. The molecule has 0 aliphatic carbocycles. The minimum Gasteiger partial charge on any atom is -0.507 e. The molecule has 2 saturated heterocycles. The van der Waals surface area contributed by atoms with Crippen LogP contribution in [0.15, 0.2) is 54.1 Å². The van der Waals surface area contributed by atoms with Gasteiger partial charge in [-0.1, -0.05) is 42.0 Å². The van der Waals surface area contributed by atoms with E-state index in [0.717, 1.165) is 18.7 Å². The lowest BCUT2D eigenvalue weighted by Crippen LogP contribution is -2.42. The van der Waals surface area contributed by atoms with Crippen molar-refractivity contribution in [2.45, 2.75) is 13.0 Å². The largest absolute Gasteiger partial charge is 0.507 e. The lowest BCUT2D eigenvalue weighted by molar-refractivity contribution is -0.384. The highest BCUT2D eigenvalue weighted by Gasteiger charge is 2.46. The summed E-state index contributed by atoms with van der Waals surface area (Å²) in [5.41, 5.74) is 1.57. The van der Waals surface area contributed by atoms with Gasteiger partial charge in [0.1, 0.15) is 5.76 Å². The molecule has 2 heterocycles. The third-order valence-electron chi connectivity index (χ3n) is 6.02. The van der Waals surface area contributed by atoms with Crippen LogP contribution in [0, 0.1) is 17.0 Å². The summed E-state index contributed by atoms with van der Waals surface area (Å²) in [7, 11) is 0. The summed E-state index contributed by atoms with van der Waals surface area (Å²) in [5, 5.41) is 22.4. The van der Waals surface area contributed by atoms with E-state index in [1.807, 2.05) is 6.92 Å². The number of amides is 1. The Labute approximate surface area is 191 Å². The Bertz CT molecular complexity index is 1110. The van der Waals surface area contributed by atoms with E-state index in [-0.39, 0.29) is 23.6 Å². The van der Waals surface area contributed by atoms with Crippen molar-refractivity contribution in [2.75, 3.05) is 39.4 Å². The second kappa shape index (κ2) is 9.51. The first kappa shape index (κ1) is 22.6. The van der Waals surface area contributed by atoms with Crippen LogP contribution in [0.25, 0.3) is 5.76 Å². The summed E-state index contributed by atoms with van der Waals surface area (Å²) in [6, 6.07) is 11.9. The number of aryl methyl sites for hydroxylation is 1. The Morgan fingerprint density at radius 2 is 1.82 bits per heavy atom. The maximum Gasteiger partial charge on any atom is 0.295 e. The summed E-state index contributed by atoms with van der Waals surface area (Å²) >= 11 is 0. The highest BCUT2D eigenvalue weighted by Crippen LogP contribution is 2.40. The van der Waals surface area contributed by atoms with Crippen LogP contribution in [-0.2, 0) is 14.3 Å². The highest BCUT2D eigenvalue weighted by molar-refractivity contribution is 6.46. The van der Waals surface area contributed by atoms with E-state index in [0.29, 0.717) is 30.9 Å². The number of nitrogens with zero attached hydrogens (tertiary/aromatic N) is 3. The Morgan fingerprint density at radius 3 is 2.48 bits per heavy atom. The molecule has 2 aliphatic heterocycles. The fourth-order valence-electron chi connectivity index (χ4n) is 4.21.